The van der Waals surface area contributed by atoms with Gasteiger partial charge in [0.05, 0.1) is 0 Å². The number of hydrogen-bond acceptors (Lipinski definition) is 0. The molecule has 0 radical (unpaired) electrons. The van der Waals surface area contributed by atoms with Crippen molar-refractivity contribution >= 4 is 0 Å². The van der Waals surface area contributed by atoms with E-state index in [1.165, 1.54) is 25.7 Å². The summed E-state index contributed by atoms with van der Waals surface area (Å²) >= 11 is 0. The zero-order chi connectivity index (χ0) is 10.9. The lowest BCUT2D eigenvalue weighted by molar-refractivity contribution is 0.0942. The van der Waals surface area contributed by atoms with Crippen LogP contribution in [0, 0.1) is 28.1 Å². The normalized spacial score (nSPS) is 55.7. The fourth-order valence-corrected chi connectivity index (χ4v) is 5.82. The summed E-state index contributed by atoms with van der Waals surface area (Å²) in [5, 5.41) is 0. The van der Waals surface area contributed by atoms with Crippen molar-refractivity contribution in [1.29, 1.82) is 0 Å². The molecule has 3 rings (SSSR count). The second-order valence-electron chi connectivity index (χ2n) is 7.30. The Kier molecular flexibility index (Phi) is 1.67. The van der Waals surface area contributed by atoms with E-state index in [-0.39, 0.29) is 0 Å². The number of allylic oxidation sites excluding steroid dienone is 2. The van der Waals surface area contributed by atoms with Crippen LogP contribution in [0.15, 0.2) is 12.2 Å². The minimum Gasteiger partial charge on any atom is -0.0874 e. The molecule has 0 bridgehead atoms. The molecule has 0 heteroatoms. The van der Waals surface area contributed by atoms with Crippen LogP contribution in [-0.2, 0) is 0 Å². The van der Waals surface area contributed by atoms with E-state index in [4.69, 9.17) is 0 Å². The van der Waals surface area contributed by atoms with Gasteiger partial charge in [-0.25, -0.2) is 0 Å². The van der Waals surface area contributed by atoms with Crippen molar-refractivity contribution in [3.63, 3.8) is 0 Å². The molecule has 3 aliphatic carbocycles. The highest BCUT2D eigenvalue weighted by Crippen LogP contribution is 2.75. The van der Waals surface area contributed by atoms with E-state index in [9.17, 15) is 0 Å². The molecule has 0 saturated heterocycles. The van der Waals surface area contributed by atoms with Crippen molar-refractivity contribution in [1.82, 2.24) is 0 Å². The van der Waals surface area contributed by atoms with Crippen LogP contribution in [0.3, 0.4) is 0 Å². The molecular formula is C15H24. The van der Waals surface area contributed by atoms with Gasteiger partial charge in [0, 0.05) is 0 Å². The number of hydrogen-bond donors (Lipinski definition) is 0. The minimum absolute atomic E-state index is 0.566. The molecule has 0 nitrogen and oxygen atoms in total. The first-order valence-corrected chi connectivity index (χ1v) is 6.60. The topological polar surface area (TPSA) is 0 Å². The first-order valence-electron chi connectivity index (χ1n) is 6.60. The summed E-state index contributed by atoms with van der Waals surface area (Å²) < 4.78 is 0. The van der Waals surface area contributed by atoms with Crippen molar-refractivity contribution in [3.05, 3.63) is 12.2 Å². The Labute approximate surface area is 94.1 Å². The van der Waals surface area contributed by atoms with E-state index in [2.05, 4.69) is 39.8 Å². The lowest BCUT2D eigenvalue weighted by atomic mass is 9.62. The zero-order valence-corrected chi connectivity index (χ0v) is 10.6. The predicted octanol–water partition coefficient (Wildman–Crippen LogP) is 4.42. The van der Waals surface area contributed by atoms with Gasteiger partial charge in [-0.3, -0.25) is 0 Å². The van der Waals surface area contributed by atoms with Crippen LogP contribution in [0.1, 0.15) is 53.4 Å². The molecule has 0 amide bonds. The average molecular weight is 204 g/mol. The fraction of sp³-hybridized carbons (Fsp3) is 0.867. The molecule has 0 aromatic heterocycles. The zero-order valence-electron chi connectivity index (χ0n) is 10.6. The Morgan fingerprint density at radius 2 is 1.87 bits per heavy atom. The third-order valence-electron chi connectivity index (χ3n) is 6.08. The van der Waals surface area contributed by atoms with Gasteiger partial charge in [-0.05, 0) is 53.8 Å². The lowest BCUT2D eigenvalue weighted by Gasteiger charge is -2.41. The summed E-state index contributed by atoms with van der Waals surface area (Å²) in [7, 11) is 0. The number of rotatable bonds is 0. The third kappa shape index (κ3) is 0.905. The monoisotopic (exact) mass is 204 g/mol. The van der Waals surface area contributed by atoms with E-state index < -0.39 is 0 Å². The van der Waals surface area contributed by atoms with Crippen molar-refractivity contribution in [2.75, 3.05) is 0 Å². The molecule has 0 aromatic carbocycles. The highest BCUT2D eigenvalue weighted by Gasteiger charge is 2.67. The van der Waals surface area contributed by atoms with Crippen molar-refractivity contribution < 1.29 is 0 Å². The SMILES string of the molecule is CC1CCC2C(C)(C)CC3(C)CC=CC123. The van der Waals surface area contributed by atoms with Crippen LogP contribution in [0.5, 0.6) is 0 Å². The summed E-state index contributed by atoms with van der Waals surface area (Å²) in [6.07, 6.45) is 10.8. The molecule has 4 unspecified atom stereocenters. The van der Waals surface area contributed by atoms with E-state index in [1.807, 2.05) is 0 Å². The summed E-state index contributed by atoms with van der Waals surface area (Å²) in [5.41, 5.74) is 1.72. The van der Waals surface area contributed by atoms with Gasteiger partial charge in [-0.1, -0.05) is 39.8 Å². The first-order chi connectivity index (χ1) is 6.92. The van der Waals surface area contributed by atoms with Crippen LogP contribution >= 0.6 is 0 Å². The standard InChI is InChI=1S/C15H24/c1-11-6-7-12-13(2,3)10-14(4)8-5-9-15(11,12)14/h5,9,11-12H,6-8,10H2,1-4H3. The van der Waals surface area contributed by atoms with Gasteiger partial charge < -0.3 is 0 Å². The molecule has 0 aliphatic heterocycles. The average Bonchev–Trinajstić information content (AvgIpc) is 2.62. The Bertz CT molecular complexity index is 325. The molecule has 84 valence electrons. The van der Waals surface area contributed by atoms with Crippen LogP contribution in [0.4, 0.5) is 0 Å². The molecular weight excluding hydrogens is 180 g/mol. The molecule has 3 aliphatic rings. The van der Waals surface area contributed by atoms with Gasteiger partial charge in [-0.15, -0.1) is 0 Å². The molecule has 0 N–H and O–H groups in total. The largest absolute Gasteiger partial charge is 0.0874 e. The maximum Gasteiger partial charge on any atom is -0.000243 e. The van der Waals surface area contributed by atoms with E-state index >= 15 is 0 Å². The Morgan fingerprint density at radius 1 is 1.13 bits per heavy atom. The smallest absolute Gasteiger partial charge is 0.000243 e. The van der Waals surface area contributed by atoms with Gasteiger partial charge >= 0.3 is 0 Å². The van der Waals surface area contributed by atoms with Crippen molar-refractivity contribution in [2.45, 2.75) is 53.4 Å². The van der Waals surface area contributed by atoms with Gasteiger partial charge in [0.15, 0.2) is 0 Å². The minimum atomic E-state index is 0.566. The maximum absolute atomic E-state index is 2.62. The lowest BCUT2D eigenvalue weighted by Crippen LogP contribution is -2.36. The van der Waals surface area contributed by atoms with Crippen LogP contribution in [0.2, 0.25) is 0 Å². The summed E-state index contributed by atoms with van der Waals surface area (Å²) in [6.45, 7) is 10.1. The van der Waals surface area contributed by atoms with Crippen LogP contribution in [-0.4, -0.2) is 0 Å². The molecule has 0 heterocycles. The summed E-state index contributed by atoms with van der Waals surface area (Å²) in [4.78, 5) is 0. The second-order valence-corrected chi connectivity index (χ2v) is 7.30. The Hall–Kier alpha value is -0.260. The van der Waals surface area contributed by atoms with Crippen molar-refractivity contribution in [3.8, 4) is 0 Å². The first kappa shape index (κ1) is 9.93. The quantitative estimate of drug-likeness (QED) is 0.513. The molecule has 4 atom stereocenters. The van der Waals surface area contributed by atoms with E-state index in [0.717, 1.165) is 11.8 Å². The van der Waals surface area contributed by atoms with Gasteiger partial charge in [0.1, 0.15) is 0 Å². The van der Waals surface area contributed by atoms with E-state index in [0.29, 0.717) is 16.2 Å². The summed E-state index contributed by atoms with van der Waals surface area (Å²) in [5.74, 6) is 1.86. The molecule has 2 saturated carbocycles. The Balaban J connectivity index is 2.16. The van der Waals surface area contributed by atoms with Crippen molar-refractivity contribution in [2.24, 2.45) is 28.1 Å². The summed E-state index contributed by atoms with van der Waals surface area (Å²) in [6, 6.07) is 0. The van der Waals surface area contributed by atoms with Gasteiger partial charge in [0.25, 0.3) is 0 Å². The predicted molar refractivity (Wildman–Crippen MR) is 64.6 cm³/mol. The van der Waals surface area contributed by atoms with Crippen LogP contribution < -0.4 is 0 Å². The van der Waals surface area contributed by atoms with Gasteiger partial charge in [-0.2, -0.15) is 0 Å². The fourth-order valence-electron chi connectivity index (χ4n) is 5.82. The Morgan fingerprint density at radius 3 is 2.60 bits per heavy atom. The highest BCUT2D eigenvalue weighted by molar-refractivity contribution is 5.28. The van der Waals surface area contributed by atoms with Gasteiger partial charge in [0.2, 0.25) is 0 Å². The molecule has 2 fully saturated rings. The molecule has 0 aromatic rings. The third-order valence-corrected chi connectivity index (χ3v) is 6.08. The molecule has 1 spiro atoms. The van der Waals surface area contributed by atoms with E-state index in [1.54, 1.807) is 0 Å². The van der Waals surface area contributed by atoms with Crippen LogP contribution in [0.25, 0.3) is 0 Å². The highest BCUT2D eigenvalue weighted by atomic mass is 14.7. The maximum atomic E-state index is 2.62. The second kappa shape index (κ2) is 2.52. The molecule has 15 heavy (non-hydrogen) atoms.